The van der Waals surface area contributed by atoms with Crippen LogP contribution in [0.2, 0.25) is 0 Å². The number of ether oxygens (including phenoxy) is 1. The summed E-state index contributed by atoms with van der Waals surface area (Å²) in [5.41, 5.74) is 0.955. The van der Waals surface area contributed by atoms with Crippen molar-refractivity contribution >= 4 is 22.9 Å². The van der Waals surface area contributed by atoms with Gasteiger partial charge in [-0.3, -0.25) is 14.9 Å². The lowest BCUT2D eigenvalue weighted by Gasteiger charge is -2.11. The molecule has 2 amide bonds. The second kappa shape index (κ2) is 5.23. The fraction of sp³-hybridized carbons (Fsp3) is 0.333. The van der Waals surface area contributed by atoms with Crippen LogP contribution in [0.25, 0.3) is 0 Å². The van der Waals surface area contributed by atoms with E-state index in [1.54, 1.807) is 0 Å². The Labute approximate surface area is 104 Å². The van der Waals surface area contributed by atoms with Crippen LogP contribution in [0.1, 0.15) is 12.5 Å². The minimum atomic E-state index is -0.343. The van der Waals surface area contributed by atoms with Gasteiger partial charge in [0, 0.05) is 0 Å². The van der Waals surface area contributed by atoms with Gasteiger partial charge >= 0.3 is 0 Å². The second-order valence-electron chi connectivity index (χ2n) is 3.63. The van der Waals surface area contributed by atoms with E-state index >= 15 is 0 Å². The van der Waals surface area contributed by atoms with Gasteiger partial charge in [-0.05, 0) is 25.0 Å². The van der Waals surface area contributed by atoms with Crippen LogP contribution in [-0.4, -0.2) is 23.0 Å². The summed E-state index contributed by atoms with van der Waals surface area (Å²) in [5.74, 6) is 0.564. The van der Waals surface area contributed by atoms with Gasteiger partial charge in [0.25, 0.3) is 5.24 Å². The molecule has 1 atom stereocenters. The summed E-state index contributed by atoms with van der Waals surface area (Å²) in [4.78, 5) is 22.5. The maximum absolute atomic E-state index is 11.5. The second-order valence-corrected chi connectivity index (χ2v) is 4.80. The first kappa shape index (κ1) is 12.0. The molecule has 2 rings (SSSR count). The molecule has 1 aliphatic rings. The number of nitrogens with one attached hydrogen (secondary N) is 1. The Hall–Kier alpha value is -1.49. The molecule has 1 heterocycles. The predicted octanol–water partition coefficient (Wildman–Crippen LogP) is 1.98. The van der Waals surface area contributed by atoms with E-state index in [1.165, 1.54) is 0 Å². The molecule has 0 spiro atoms. The summed E-state index contributed by atoms with van der Waals surface area (Å²) < 4.78 is 5.48. The summed E-state index contributed by atoms with van der Waals surface area (Å²) in [6.45, 7) is 2.50. The summed E-state index contributed by atoms with van der Waals surface area (Å²) in [6.07, 6.45) is 0.512. The van der Waals surface area contributed by atoms with Gasteiger partial charge in [0.1, 0.15) is 5.75 Å². The quantitative estimate of drug-likeness (QED) is 0.889. The van der Waals surface area contributed by atoms with E-state index in [1.807, 2.05) is 31.2 Å². The molecule has 0 bridgehead atoms. The normalized spacial score (nSPS) is 19.2. The van der Waals surface area contributed by atoms with Crippen LogP contribution >= 0.6 is 11.8 Å². The number of rotatable bonds is 4. The molecule has 1 unspecified atom stereocenters. The van der Waals surface area contributed by atoms with Crippen LogP contribution in [0.3, 0.4) is 0 Å². The van der Waals surface area contributed by atoms with Crippen LogP contribution < -0.4 is 10.1 Å². The molecule has 1 aliphatic heterocycles. The third kappa shape index (κ3) is 2.79. The third-order valence-corrected chi connectivity index (χ3v) is 3.43. The number of hydrogen-bond donors (Lipinski definition) is 1. The Bertz CT molecular complexity index is 447. The van der Waals surface area contributed by atoms with Crippen molar-refractivity contribution in [1.82, 2.24) is 5.32 Å². The van der Waals surface area contributed by atoms with E-state index < -0.39 is 0 Å². The van der Waals surface area contributed by atoms with Crippen molar-refractivity contribution in [2.75, 3.05) is 6.61 Å². The molecule has 1 aromatic rings. The Balaban J connectivity index is 2.13. The van der Waals surface area contributed by atoms with Gasteiger partial charge in [-0.1, -0.05) is 30.0 Å². The van der Waals surface area contributed by atoms with Crippen LogP contribution in [0.5, 0.6) is 5.75 Å². The van der Waals surface area contributed by atoms with Crippen LogP contribution in [0.4, 0.5) is 4.79 Å². The lowest BCUT2D eigenvalue weighted by molar-refractivity contribution is -0.118. The minimum absolute atomic E-state index is 0.216. The number of carbonyl (C=O) groups is 2. The van der Waals surface area contributed by atoms with Crippen molar-refractivity contribution in [3.63, 3.8) is 0 Å². The third-order valence-electron chi connectivity index (χ3n) is 2.44. The Kier molecular flexibility index (Phi) is 3.68. The number of benzene rings is 1. The molecule has 5 heteroatoms. The van der Waals surface area contributed by atoms with E-state index in [-0.39, 0.29) is 16.4 Å². The zero-order valence-electron chi connectivity index (χ0n) is 9.43. The number of carbonyl (C=O) groups excluding carboxylic acids is 2. The molecule has 4 nitrogen and oxygen atoms in total. The van der Waals surface area contributed by atoms with Crippen LogP contribution in [0, 0.1) is 0 Å². The fourth-order valence-corrected chi connectivity index (χ4v) is 2.54. The zero-order valence-corrected chi connectivity index (χ0v) is 10.3. The molecule has 0 aliphatic carbocycles. The summed E-state index contributed by atoms with van der Waals surface area (Å²) in [5, 5.41) is 1.67. The number of amides is 2. The first-order chi connectivity index (χ1) is 8.20. The van der Waals surface area contributed by atoms with E-state index in [9.17, 15) is 9.59 Å². The molecule has 1 saturated heterocycles. The smallest absolute Gasteiger partial charge is 0.286 e. The molecule has 1 fully saturated rings. The van der Waals surface area contributed by atoms with Gasteiger partial charge in [0.2, 0.25) is 5.91 Å². The van der Waals surface area contributed by atoms with Gasteiger partial charge in [0.05, 0.1) is 11.9 Å². The topological polar surface area (TPSA) is 55.4 Å². The van der Waals surface area contributed by atoms with Crippen molar-refractivity contribution < 1.29 is 14.3 Å². The van der Waals surface area contributed by atoms with Crippen molar-refractivity contribution in [3.8, 4) is 5.75 Å². The molecular formula is C12H13NO3S. The molecule has 1 N–H and O–H groups in total. The Morgan fingerprint density at radius 1 is 1.35 bits per heavy atom. The van der Waals surface area contributed by atoms with Crippen molar-refractivity contribution in [2.24, 2.45) is 0 Å². The highest BCUT2D eigenvalue weighted by atomic mass is 32.2. The van der Waals surface area contributed by atoms with Crippen molar-refractivity contribution in [2.45, 2.75) is 18.6 Å². The molecule has 17 heavy (non-hydrogen) atoms. The van der Waals surface area contributed by atoms with E-state index in [2.05, 4.69) is 5.32 Å². The molecule has 0 saturated carbocycles. The van der Waals surface area contributed by atoms with Gasteiger partial charge in [-0.15, -0.1) is 0 Å². The number of para-hydroxylation sites is 1. The monoisotopic (exact) mass is 251 g/mol. The molecule has 90 valence electrons. The molecule has 1 aromatic carbocycles. The van der Waals surface area contributed by atoms with Gasteiger partial charge in [-0.2, -0.15) is 0 Å². The minimum Gasteiger partial charge on any atom is -0.494 e. The first-order valence-electron chi connectivity index (χ1n) is 5.43. The SMILES string of the molecule is CCOc1ccccc1CC1SC(=O)NC1=O. The number of hydrogen-bond acceptors (Lipinski definition) is 4. The average molecular weight is 251 g/mol. The molecule has 0 radical (unpaired) electrons. The van der Waals surface area contributed by atoms with E-state index in [4.69, 9.17) is 4.74 Å². The van der Waals surface area contributed by atoms with E-state index in [0.29, 0.717) is 13.0 Å². The standard InChI is InChI=1S/C12H13NO3S/c1-2-16-9-6-4-3-5-8(9)7-10-11(14)13-12(15)17-10/h3-6,10H,2,7H2,1H3,(H,13,14,15). The maximum Gasteiger partial charge on any atom is 0.286 e. The predicted molar refractivity (Wildman–Crippen MR) is 66.2 cm³/mol. The number of imide groups is 1. The summed E-state index contributed by atoms with van der Waals surface area (Å²) >= 11 is 1.04. The lowest BCUT2D eigenvalue weighted by atomic mass is 10.1. The maximum atomic E-state index is 11.5. The average Bonchev–Trinajstić information content (AvgIpc) is 2.61. The summed E-state index contributed by atoms with van der Waals surface area (Å²) in [7, 11) is 0. The lowest BCUT2D eigenvalue weighted by Crippen LogP contribution is -2.25. The van der Waals surface area contributed by atoms with E-state index in [0.717, 1.165) is 23.1 Å². The van der Waals surface area contributed by atoms with Crippen molar-refractivity contribution in [3.05, 3.63) is 29.8 Å². The largest absolute Gasteiger partial charge is 0.494 e. The highest BCUT2D eigenvalue weighted by Crippen LogP contribution is 2.27. The highest BCUT2D eigenvalue weighted by Gasteiger charge is 2.32. The number of thioether (sulfide) groups is 1. The van der Waals surface area contributed by atoms with Crippen molar-refractivity contribution in [1.29, 1.82) is 0 Å². The van der Waals surface area contributed by atoms with Crippen LogP contribution in [0.15, 0.2) is 24.3 Å². The fourth-order valence-electron chi connectivity index (χ4n) is 1.70. The van der Waals surface area contributed by atoms with Gasteiger partial charge < -0.3 is 4.74 Å². The van der Waals surface area contributed by atoms with Crippen LogP contribution in [-0.2, 0) is 11.2 Å². The molecule has 0 aromatic heterocycles. The zero-order chi connectivity index (χ0) is 12.3. The summed E-state index contributed by atoms with van der Waals surface area (Å²) in [6, 6.07) is 7.58. The Morgan fingerprint density at radius 3 is 2.76 bits per heavy atom. The highest BCUT2D eigenvalue weighted by molar-refractivity contribution is 8.15. The first-order valence-corrected chi connectivity index (χ1v) is 6.31. The van der Waals surface area contributed by atoms with Gasteiger partial charge in [0.15, 0.2) is 0 Å². The Morgan fingerprint density at radius 2 is 2.12 bits per heavy atom. The van der Waals surface area contributed by atoms with Gasteiger partial charge in [-0.25, -0.2) is 0 Å². The molecular weight excluding hydrogens is 238 g/mol.